The summed E-state index contributed by atoms with van der Waals surface area (Å²) in [6.07, 6.45) is 0.612. The Bertz CT molecular complexity index is 566. The molecular formula is C18H28N2O3. The van der Waals surface area contributed by atoms with Crippen molar-refractivity contribution >= 4 is 6.09 Å². The first kappa shape index (κ1) is 17.6. The van der Waals surface area contributed by atoms with Gasteiger partial charge in [0.1, 0.15) is 11.4 Å². The van der Waals surface area contributed by atoms with E-state index in [1.54, 1.807) is 12.0 Å². The second-order valence-corrected chi connectivity index (χ2v) is 7.25. The van der Waals surface area contributed by atoms with Gasteiger partial charge in [-0.3, -0.25) is 0 Å². The number of amides is 1. The van der Waals surface area contributed by atoms with E-state index < -0.39 is 5.60 Å². The number of hydrogen-bond acceptors (Lipinski definition) is 4. The van der Waals surface area contributed by atoms with Crippen molar-refractivity contribution in [3.05, 3.63) is 29.3 Å². The minimum absolute atomic E-state index is 0.155. The molecule has 5 nitrogen and oxygen atoms in total. The topological polar surface area (TPSA) is 64.8 Å². The van der Waals surface area contributed by atoms with E-state index in [0.29, 0.717) is 13.1 Å². The summed E-state index contributed by atoms with van der Waals surface area (Å²) in [5.41, 5.74) is 8.16. The van der Waals surface area contributed by atoms with Crippen LogP contribution in [0.15, 0.2) is 18.2 Å². The Hall–Kier alpha value is -1.75. The number of benzene rings is 1. The van der Waals surface area contributed by atoms with Gasteiger partial charge in [-0.25, -0.2) is 4.79 Å². The van der Waals surface area contributed by atoms with E-state index >= 15 is 0 Å². The van der Waals surface area contributed by atoms with E-state index in [9.17, 15) is 4.79 Å². The van der Waals surface area contributed by atoms with Crippen molar-refractivity contribution < 1.29 is 14.3 Å². The monoisotopic (exact) mass is 320 g/mol. The lowest BCUT2D eigenvalue weighted by molar-refractivity contribution is 0.0286. The summed E-state index contributed by atoms with van der Waals surface area (Å²) in [4.78, 5) is 13.9. The number of likely N-dealkylation sites (tertiary alicyclic amines) is 1. The van der Waals surface area contributed by atoms with Gasteiger partial charge in [0.2, 0.25) is 0 Å². The Morgan fingerprint density at radius 2 is 2.09 bits per heavy atom. The first-order valence-corrected chi connectivity index (χ1v) is 8.09. The van der Waals surface area contributed by atoms with Crippen LogP contribution < -0.4 is 10.5 Å². The van der Waals surface area contributed by atoms with E-state index in [1.807, 2.05) is 39.8 Å². The van der Waals surface area contributed by atoms with Gasteiger partial charge in [-0.2, -0.15) is 0 Å². The highest BCUT2D eigenvalue weighted by Crippen LogP contribution is 2.34. The lowest BCUT2D eigenvalue weighted by atomic mass is 9.91. The first-order chi connectivity index (χ1) is 10.7. The average Bonchev–Trinajstić information content (AvgIpc) is 2.94. The summed E-state index contributed by atoms with van der Waals surface area (Å²) < 4.78 is 10.9. The van der Waals surface area contributed by atoms with Crippen LogP contribution in [0.25, 0.3) is 0 Å². The summed E-state index contributed by atoms with van der Waals surface area (Å²) >= 11 is 0. The maximum Gasteiger partial charge on any atom is 0.410 e. The third kappa shape index (κ3) is 4.38. The van der Waals surface area contributed by atoms with Crippen LogP contribution in [0, 0.1) is 12.8 Å². The maximum absolute atomic E-state index is 12.2. The molecule has 23 heavy (non-hydrogen) atoms. The number of rotatable bonds is 3. The van der Waals surface area contributed by atoms with Crippen LogP contribution >= 0.6 is 0 Å². The van der Waals surface area contributed by atoms with E-state index in [0.717, 1.165) is 23.3 Å². The lowest BCUT2D eigenvalue weighted by Gasteiger charge is -2.25. The molecule has 2 rings (SSSR count). The number of carbonyl (C=O) groups is 1. The van der Waals surface area contributed by atoms with Gasteiger partial charge in [-0.1, -0.05) is 17.7 Å². The predicted octanol–water partition coefficient (Wildman–Crippen LogP) is 3.26. The zero-order valence-electron chi connectivity index (χ0n) is 14.8. The lowest BCUT2D eigenvalue weighted by Crippen LogP contribution is -2.36. The number of nitrogens with zero attached hydrogens (tertiary/aromatic N) is 1. The number of methoxy groups -OCH3 is 1. The molecule has 1 aromatic carbocycles. The Balaban J connectivity index is 2.07. The van der Waals surface area contributed by atoms with Gasteiger partial charge >= 0.3 is 6.09 Å². The summed E-state index contributed by atoms with van der Waals surface area (Å²) in [5, 5.41) is 0. The number of aryl methyl sites for hydroxylation is 1. The van der Waals surface area contributed by atoms with Crippen molar-refractivity contribution in [2.75, 3.05) is 20.2 Å². The molecule has 1 saturated heterocycles. The molecule has 0 radical (unpaired) electrons. The van der Waals surface area contributed by atoms with Gasteiger partial charge in [-0.05, 0) is 46.1 Å². The number of nitrogens with two attached hydrogens (primary N) is 1. The third-order valence-electron chi connectivity index (χ3n) is 4.13. The second-order valence-electron chi connectivity index (χ2n) is 7.25. The number of carbonyl (C=O) groups excluding carboxylic acids is 1. The minimum atomic E-state index is -0.475. The Morgan fingerprint density at radius 3 is 2.70 bits per heavy atom. The van der Waals surface area contributed by atoms with Crippen LogP contribution in [0.1, 0.15) is 44.4 Å². The van der Waals surface area contributed by atoms with E-state index in [1.165, 1.54) is 0 Å². The molecule has 0 aliphatic carbocycles. The Kier molecular flexibility index (Phi) is 5.19. The zero-order valence-corrected chi connectivity index (χ0v) is 14.8. The largest absolute Gasteiger partial charge is 0.496 e. The highest BCUT2D eigenvalue weighted by Gasteiger charge is 2.34. The summed E-state index contributed by atoms with van der Waals surface area (Å²) in [6, 6.07) is 5.87. The van der Waals surface area contributed by atoms with Gasteiger partial charge in [-0.15, -0.1) is 0 Å². The molecule has 128 valence electrons. The molecule has 0 bridgehead atoms. The van der Waals surface area contributed by atoms with Crippen LogP contribution in [0.4, 0.5) is 4.79 Å². The highest BCUT2D eigenvalue weighted by molar-refractivity contribution is 5.68. The molecule has 2 atom stereocenters. The van der Waals surface area contributed by atoms with Gasteiger partial charge < -0.3 is 20.1 Å². The molecule has 2 N–H and O–H groups in total. The number of hydrogen-bond donors (Lipinski definition) is 1. The molecular weight excluding hydrogens is 292 g/mol. The summed E-state index contributed by atoms with van der Waals surface area (Å²) in [6.45, 7) is 8.97. The molecule has 1 aromatic rings. The Morgan fingerprint density at radius 1 is 1.39 bits per heavy atom. The fraction of sp³-hybridized carbons (Fsp3) is 0.611. The Labute approximate surface area is 138 Å². The molecule has 1 aliphatic heterocycles. The van der Waals surface area contributed by atoms with E-state index in [-0.39, 0.29) is 18.1 Å². The van der Waals surface area contributed by atoms with Crippen molar-refractivity contribution in [1.82, 2.24) is 4.90 Å². The van der Waals surface area contributed by atoms with Crippen LogP contribution in [0.3, 0.4) is 0 Å². The molecule has 0 saturated carbocycles. The summed E-state index contributed by atoms with van der Waals surface area (Å²) in [7, 11) is 1.66. The van der Waals surface area contributed by atoms with Crippen LogP contribution in [-0.2, 0) is 4.74 Å². The molecule has 5 heteroatoms. The normalized spacial score (nSPS) is 19.6. The van der Waals surface area contributed by atoms with Crippen molar-refractivity contribution in [3.63, 3.8) is 0 Å². The smallest absolute Gasteiger partial charge is 0.410 e. The quantitative estimate of drug-likeness (QED) is 0.928. The van der Waals surface area contributed by atoms with Crippen molar-refractivity contribution in [3.8, 4) is 5.75 Å². The molecule has 0 spiro atoms. The standard InChI is InChI=1S/C18H28N2O3/c1-12-6-7-15(22-5)14(10-12)16(19)13-8-9-20(11-13)17(21)23-18(2,3)4/h6-7,10,13,16H,8-9,11,19H2,1-5H3. The molecule has 1 heterocycles. The molecule has 0 aromatic heterocycles. The molecule has 2 unspecified atom stereocenters. The fourth-order valence-electron chi connectivity index (χ4n) is 2.94. The van der Waals surface area contributed by atoms with E-state index in [2.05, 4.69) is 6.07 Å². The highest BCUT2D eigenvalue weighted by atomic mass is 16.6. The van der Waals surface area contributed by atoms with Crippen molar-refractivity contribution in [2.45, 2.75) is 45.8 Å². The SMILES string of the molecule is COc1ccc(C)cc1C(N)C1CCN(C(=O)OC(C)(C)C)C1. The number of ether oxygens (including phenoxy) is 2. The third-order valence-corrected chi connectivity index (χ3v) is 4.13. The molecule has 1 fully saturated rings. The first-order valence-electron chi connectivity index (χ1n) is 8.09. The van der Waals surface area contributed by atoms with Crippen LogP contribution in [0.5, 0.6) is 5.75 Å². The predicted molar refractivity (Wildman–Crippen MR) is 90.6 cm³/mol. The van der Waals surface area contributed by atoms with Gasteiger partial charge in [0.25, 0.3) is 0 Å². The average molecular weight is 320 g/mol. The van der Waals surface area contributed by atoms with Gasteiger partial charge in [0.05, 0.1) is 7.11 Å². The maximum atomic E-state index is 12.2. The van der Waals surface area contributed by atoms with Crippen molar-refractivity contribution in [2.24, 2.45) is 11.7 Å². The second kappa shape index (κ2) is 6.79. The fourth-order valence-corrected chi connectivity index (χ4v) is 2.94. The molecule has 1 aliphatic rings. The summed E-state index contributed by atoms with van der Waals surface area (Å²) in [5.74, 6) is 1.01. The van der Waals surface area contributed by atoms with Crippen molar-refractivity contribution in [1.29, 1.82) is 0 Å². The van der Waals surface area contributed by atoms with Crippen LogP contribution in [0.2, 0.25) is 0 Å². The van der Waals surface area contributed by atoms with Gasteiger partial charge in [0, 0.05) is 24.7 Å². The zero-order chi connectivity index (χ0) is 17.2. The van der Waals surface area contributed by atoms with Gasteiger partial charge in [0.15, 0.2) is 0 Å². The molecule has 1 amide bonds. The van der Waals surface area contributed by atoms with E-state index in [4.69, 9.17) is 15.2 Å². The minimum Gasteiger partial charge on any atom is -0.496 e. The van der Waals surface area contributed by atoms with Crippen LogP contribution in [-0.4, -0.2) is 36.8 Å².